The highest BCUT2D eigenvalue weighted by Gasteiger charge is 2.62. The largest absolute Gasteiger partial charge is 0.482 e. The van der Waals surface area contributed by atoms with Crippen LogP contribution >= 0.6 is 0 Å². The lowest BCUT2D eigenvalue weighted by atomic mass is 9.75. The zero-order chi connectivity index (χ0) is 30.1. The molecule has 0 saturated carbocycles. The third kappa shape index (κ3) is 7.41. The van der Waals surface area contributed by atoms with Crippen molar-refractivity contribution in [3.05, 3.63) is 90.2 Å². The van der Waals surface area contributed by atoms with Crippen molar-refractivity contribution in [3.63, 3.8) is 0 Å². The molecule has 2 heterocycles. The highest BCUT2D eigenvalue weighted by Crippen LogP contribution is 2.46. The van der Waals surface area contributed by atoms with Gasteiger partial charge in [0.25, 0.3) is 0 Å². The fourth-order valence-electron chi connectivity index (χ4n) is 5.99. The Morgan fingerprint density at radius 3 is 2.38 bits per heavy atom. The second-order valence-corrected chi connectivity index (χ2v) is 11.2. The van der Waals surface area contributed by atoms with E-state index in [2.05, 4.69) is 6.58 Å². The van der Waals surface area contributed by atoms with Crippen molar-refractivity contribution < 1.29 is 44.8 Å². The van der Waals surface area contributed by atoms with Gasteiger partial charge in [-0.25, -0.2) is 0 Å². The van der Waals surface area contributed by atoms with Crippen LogP contribution in [0.4, 0.5) is 0 Å². The minimum absolute atomic E-state index is 0.0415. The molecular formula is C33H44O9. The van der Waals surface area contributed by atoms with E-state index < -0.39 is 42.2 Å². The van der Waals surface area contributed by atoms with Crippen LogP contribution < -0.4 is 4.74 Å². The van der Waals surface area contributed by atoms with Gasteiger partial charge in [0.05, 0.1) is 11.9 Å². The second kappa shape index (κ2) is 15.1. The number of rotatable bonds is 13. The summed E-state index contributed by atoms with van der Waals surface area (Å²) in [6.45, 7) is 3.25. The number of hydrogen-bond acceptors (Lipinski definition) is 9. The van der Waals surface area contributed by atoms with Crippen molar-refractivity contribution in [3.8, 4) is 5.75 Å². The molecule has 9 nitrogen and oxygen atoms in total. The van der Waals surface area contributed by atoms with Crippen LogP contribution in [-0.4, -0.2) is 86.8 Å². The van der Waals surface area contributed by atoms with E-state index in [1.165, 1.54) is 0 Å². The molecule has 0 radical (unpaired) electrons. The Bertz CT molecular complexity index is 1140. The highest BCUT2D eigenvalue weighted by atomic mass is 16.7. The van der Waals surface area contributed by atoms with Crippen LogP contribution in [-0.2, 0) is 22.3 Å². The summed E-state index contributed by atoms with van der Waals surface area (Å²) in [6, 6.07) is 16.9. The number of aliphatic hydroxyl groups excluding tert-OH is 6. The van der Waals surface area contributed by atoms with Crippen molar-refractivity contribution in [1.82, 2.24) is 0 Å². The first-order valence-corrected chi connectivity index (χ1v) is 14.7. The summed E-state index contributed by atoms with van der Waals surface area (Å²) >= 11 is 0. The second-order valence-electron chi connectivity index (χ2n) is 11.2. The van der Waals surface area contributed by atoms with Crippen LogP contribution in [0.1, 0.15) is 36.8 Å². The monoisotopic (exact) mass is 584 g/mol. The van der Waals surface area contributed by atoms with Gasteiger partial charge in [-0.15, -0.1) is 6.58 Å². The maximum atomic E-state index is 11.8. The Hall–Kier alpha value is -2.76. The Labute approximate surface area is 247 Å². The molecule has 0 unspecified atom stereocenters. The van der Waals surface area contributed by atoms with Gasteiger partial charge in [-0.2, -0.15) is 0 Å². The molecule has 2 aliphatic rings. The topological polar surface area (TPSA) is 149 Å². The summed E-state index contributed by atoms with van der Waals surface area (Å²) in [7, 11) is 0. The van der Waals surface area contributed by atoms with E-state index >= 15 is 0 Å². The van der Waals surface area contributed by atoms with E-state index in [4.69, 9.17) is 14.2 Å². The molecule has 230 valence electrons. The molecule has 0 aromatic heterocycles. The molecule has 2 aliphatic heterocycles. The molecule has 1 spiro atoms. The molecule has 0 amide bonds. The van der Waals surface area contributed by atoms with Gasteiger partial charge in [-0.05, 0) is 66.9 Å². The van der Waals surface area contributed by atoms with Crippen molar-refractivity contribution in [2.75, 3.05) is 19.8 Å². The predicted molar refractivity (Wildman–Crippen MR) is 156 cm³/mol. The number of ether oxygens (including phenoxy) is 3. The molecule has 4 rings (SSSR count). The normalized spacial score (nSPS) is 30.2. The Morgan fingerprint density at radius 2 is 1.74 bits per heavy atom. The Morgan fingerprint density at radius 1 is 1.00 bits per heavy atom. The summed E-state index contributed by atoms with van der Waals surface area (Å²) in [5, 5.41) is 63.6. The van der Waals surface area contributed by atoms with Crippen LogP contribution in [0.25, 0.3) is 0 Å². The first-order chi connectivity index (χ1) is 20.3. The quantitative estimate of drug-likeness (QED) is 0.195. The average molecular weight is 585 g/mol. The smallest absolute Gasteiger partial charge is 0.243 e. The van der Waals surface area contributed by atoms with Crippen molar-refractivity contribution >= 4 is 0 Å². The van der Waals surface area contributed by atoms with Crippen molar-refractivity contribution in [2.24, 2.45) is 11.8 Å². The summed E-state index contributed by atoms with van der Waals surface area (Å²) in [5.74, 6) is 0.162. The molecule has 0 bridgehead atoms. The molecule has 8 atom stereocenters. The fraction of sp³-hybridized carbons (Fsp3) is 0.515. The molecule has 0 aliphatic carbocycles. The third-order valence-corrected chi connectivity index (χ3v) is 8.25. The molecule has 1 fully saturated rings. The zero-order valence-corrected chi connectivity index (χ0v) is 23.9. The van der Waals surface area contributed by atoms with Gasteiger partial charge in [0.2, 0.25) is 6.29 Å². The van der Waals surface area contributed by atoms with Crippen molar-refractivity contribution in [2.45, 2.75) is 74.8 Å². The zero-order valence-electron chi connectivity index (χ0n) is 23.9. The molecule has 2 aromatic carbocycles. The lowest BCUT2D eigenvalue weighted by molar-refractivity contribution is -0.336. The third-order valence-electron chi connectivity index (χ3n) is 8.25. The summed E-state index contributed by atoms with van der Waals surface area (Å²) < 4.78 is 19.3. The van der Waals surface area contributed by atoms with Crippen LogP contribution in [0, 0.1) is 11.8 Å². The van der Waals surface area contributed by atoms with Gasteiger partial charge in [-0.3, -0.25) is 0 Å². The molecule has 42 heavy (non-hydrogen) atoms. The number of benzene rings is 2. The van der Waals surface area contributed by atoms with Gasteiger partial charge < -0.3 is 44.8 Å². The van der Waals surface area contributed by atoms with E-state index in [-0.39, 0.29) is 45.0 Å². The minimum atomic E-state index is -1.68. The van der Waals surface area contributed by atoms with E-state index in [0.717, 1.165) is 11.1 Å². The van der Waals surface area contributed by atoms with Crippen molar-refractivity contribution in [1.29, 1.82) is 0 Å². The van der Waals surface area contributed by atoms with E-state index in [0.29, 0.717) is 30.8 Å². The van der Waals surface area contributed by atoms with E-state index in [1.54, 1.807) is 18.2 Å². The minimum Gasteiger partial charge on any atom is -0.482 e. The number of aliphatic hydroxyl groups is 6. The van der Waals surface area contributed by atoms with Gasteiger partial charge in [-0.1, -0.05) is 48.5 Å². The Kier molecular flexibility index (Phi) is 11.6. The van der Waals surface area contributed by atoms with E-state index in [9.17, 15) is 30.6 Å². The SMILES string of the molecule is C=CCc1ccc(O[C@@H]2O[C@H]([C@@H](O)CCCO)[C@@H](O)[C@H](O)[C@@]23C[C@@H](CO)[C@@H](CCO)C=C(Cc2ccccc2)O3)cc1. The molecule has 2 aromatic rings. The molecule has 1 saturated heterocycles. The predicted octanol–water partition coefficient (Wildman–Crippen LogP) is 2.27. The summed E-state index contributed by atoms with van der Waals surface area (Å²) in [4.78, 5) is 0. The summed E-state index contributed by atoms with van der Waals surface area (Å²) in [5.41, 5.74) is 0.295. The first-order valence-electron chi connectivity index (χ1n) is 14.7. The van der Waals surface area contributed by atoms with Gasteiger partial charge in [0.1, 0.15) is 24.1 Å². The van der Waals surface area contributed by atoms with Gasteiger partial charge >= 0.3 is 0 Å². The lowest BCUT2D eigenvalue weighted by Gasteiger charge is -2.52. The maximum absolute atomic E-state index is 11.8. The maximum Gasteiger partial charge on any atom is 0.243 e. The molecule has 6 N–H and O–H groups in total. The van der Waals surface area contributed by atoms with Gasteiger partial charge in [0.15, 0.2) is 5.60 Å². The van der Waals surface area contributed by atoms with Crippen LogP contribution in [0.2, 0.25) is 0 Å². The van der Waals surface area contributed by atoms with Gasteiger partial charge in [0, 0.05) is 32.7 Å². The number of hydrogen-bond donors (Lipinski definition) is 6. The molecule has 9 heteroatoms. The fourth-order valence-corrected chi connectivity index (χ4v) is 5.99. The first kappa shape index (κ1) is 32.2. The standard InChI is InChI=1S/C33H44O9/c1-2-7-22-11-13-26(14-12-22)40-32-33(31(39)29(38)30(41-32)28(37)10-6-16-34)20-25(21-36)24(15-17-35)19-27(42-33)18-23-8-4-3-5-9-23/h2-5,8-9,11-14,19,24-25,28-32,34-39H,1,6-7,10,15-18,20-21H2/t24-,25-,28-,29+,30+,31-,32+,33-/m0/s1. The number of allylic oxidation sites excluding steroid dienone is 3. The van der Waals surface area contributed by atoms with Crippen LogP contribution in [0.5, 0.6) is 5.75 Å². The Balaban J connectivity index is 1.76. The van der Waals surface area contributed by atoms with E-state index in [1.807, 2.05) is 48.5 Å². The van der Waals surface area contributed by atoms with Crippen LogP contribution in [0.15, 0.2) is 79.1 Å². The highest BCUT2D eigenvalue weighted by molar-refractivity contribution is 5.29. The van der Waals surface area contributed by atoms with Crippen LogP contribution in [0.3, 0.4) is 0 Å². The molecular weight excluding hydrogens is 540 g/mol. The average Bonchev–Trinajstić information content (AvgIpc) is 3.15. The summed E-state index contributed by atoms with van der Waals surface area (Å²) in [6.07, 6.45) is -1.32. The lowest BCUT2D eigenvalue weighted by Crippen LogP contribution is -2.70.